The van der Waals surface area contributed by atoms with Crippen LogP contribution in [0.5, 0.6) is 0 Å². The molecule has 64 heavy (non-hydrogen) atoms. The Morgan fingerprint density at radius 2 is 0.891 bits per heavy atom. The molecule has 10 heteroatoms. The van der Waals surface area contributed by atoms with Crippen molar-refractivity contribution in [1.82, 2.24) is 0 Å². The Hall–Kier alpha value is -3.07. The minimum atomic E-state index is -4.40. The Balaban J connectivity index is 4.37. The molecule has 0 saturated carbocycles. The molecule has 0 aromatic carbocycles. The molecule has 0 aliphatic heterocycles. The predicted octanol–water partition coefficient (Wildman–Crippen LogP) is 14.9. The van der Waals surface area contributed by atoms with Crippen molar-refractivity contribution in [3.8, 4) is 0 Å². The van der Waals surface area contributed by atoms with Crippen LogP contribution in [-0.2, 0) is 32.7 Å². The Labute approximate surface area is 392 Å². The number of nitrogens with zero attached hydrogens (tertiary/aromatic N) is 1. The first-order valence-electron chi connectivity index (χ1n) is 25.0. The number of likely N-dealkylation sites (N-methyl/N-ethyl adjacent to an activating group) is 1. The number of hydrogen-bond acceptors (Lipinski definition) is 7. The average molecular weight is 915 g/mol. The molecule has 0 aliphatic rings. The van der Waals surface area contributed by atoms with Gasteiger partial charge in [-0.05, 0) is 96.3 Å². The third kappa shape index (κ3) is 48.4. The van der Waals surface area contributed by atoms with Gasteiger partial charge in [-0.15, -0.1) is 0 Å². The van der Waals surface area contributed by atoms with Gasteiger partial charge in [0.2, 0.25) is 0 Å². The second-order valence-corrected chi connectivity index (χ2v) is 18.9. The van der Waals surface area contributed by atoms with Crippen LogP contribution in [0, 0.1) is 0 Å². The molecule has 366 valence electrons. The molecule has 0 heterocycles. The fourth-order valence-corrected chi connectivity index (χ4v) is 6.96. The highest BCUT2D eigenvalue weighted by Gasteiger charge is 2.27. The van der Waals surface area contributed by atoms with Crippen molar-refractivity contribution >= 4 is 19.8 Å². The van der Waals surface area contributed by atoms with E-state index in [0.717, 1.165) is 103 Å². The van der Waals surface area contributed by atoms with Gasteiger partial charge in [0, 0.05) is 12.8 Å². The number of phosphoric acid groups is 1. The van der Waals surface area contributed by atoms with Crippen molar-refractivity contribution in [3.05, 3.63) is 97.2 Å². The first-order valence-corrected chi connectivity index (χ1v) is 26.5. The van der Waals surface area contributed by atoms with Crippen LogP contribution in [0.3, 0.4) is 0 Å². The van der Waals surface area contributed by atoms with Gasteiger partial charge in [-0.3, -0.25) is 18.6 Å². The molecule has 0 aromatic rings. The second-order valence-electron chi connectivity index (χ2n) is 17.5. The van der Waals surface area contributed by atoms with E-state index < -0.39 is 26.5 Å². The largest absolute Gasteiger partial charge is 0.472 e. The summed E-state index contributed by atoms with van der Waals surface area (Å²) in [6.45, 7) is 4.23. The highest BCUT2D eigenvalue weighted by molar-refractivity contribution is 7.47. The lowest BCUT2D eigenvalue weighted by molar-refractivity contribution is -0.870. The Morgan fingerprint density at radius 3 is 1.33 bits per heavy atom. The molecule has 9 nitrogen and oxygen atoms in total. The maximum absolute atomic E-state index is 12.8. The lowest BCUT2D eigenvalue weighted by Crippen LogP contribution is -2.37. The van der Waals surface area contributed by atoms with Crippen LogP contribution < -0.4 is 0 Å². The number of carbonyl (C=O) groups excluding carboxylic acids is 2. The summed E-state index contributed by atoms with van der Waals surface area (Å²) in [5, 5.41) is 0. The first kappa shape index (κ1) is 60.9. The van der Waals surface area contributed by atoms with E-state index in [1.54, 1.807) is 0 Å². The van der Waals surface area contributed by atoms with Gasteiger partial charge in [-0.2, -0.15) is 0 Å². The first-order chi connectivity index (χ1) is 31.0. The maximum atomic E-state index is 12.8. The normalized spacial score (nSPS) is 14.3. The van der Waals surface area contributed by atoms with Gasteiger partial charge in [0.05, 0.1) is 27.7 Å². The molecule has 0 bridgehead atoms. The second kappa shape index (κ2) is 45.1. The molecule has 0 amide bonds. The molecule has 0 aliphatic carbocycles. The zero-order chi connectivity index (χ0) is 47.1. The fourth-order valence-electron chi connectivity index (χ4n) is 6.22. The quantitative estimate of drug-likeness (QED) is 0.0212. The van der Waals surface area contributed by atoms with Gasteiger partial charge >= 0.3 is 19.8 Å². The number of unbranched alkanes of at least 4 members (excludes halogenated alkanes) is 14. The van der Waals surface area contributed by atoms with Crippen molar-refractivity contribution in [2.75, 3.05) is 47.5 Å². The van der Waals surface area contributed by atoms with Gasteiger partial charge in [-0.25, -0.2) is 4.57 Å². The van der Waals surface area contributed by atoms with Gasteiger partial charge in [-0.1, -0.05) is 169 Å². The van der Waals surface area contributed by atoms with Gasteiger partial charge < -0.3 is 18.9 Å². The predicted molar refractivity (Wildman–Crippen MR) is 270 cm³/mol. The van der Waals surface area contributed by atoms with Crippen LogP contribution in [-0.4, -0.2) is 74.9 Å². The smallest absolute Gasteiger partial charge is 0.462 e. The zero-order valence-corrected chi connectivity index (χ0v) is 42.1. The highest BCUT2D eigenvalue weighted by Crippen LogP contribution is 2.43. The number of quaternary nitrogens is 1. The molecular weight excluding hydrogens is 822 g/mol. The van der Waals surface area contributed by atoms with E-state index in [9.17, 15) is 19.0 Å². The van der Waals surface area contributed by atoms with Crippen molar-refractivity contribution in [3.63, 3.8) is 0 Å². The monoisotopic (exact) mass is 915 g/mol. The van der Waals surface area contributed by atoms with E-state index in [1.165, 1.54) is 38.5 Å². The SMILES string of the molecule is CC/C=C\C/C=C\C/C=C\C/C=C\C/C=C\CCCCCCCC(=O)OC(COC(=O)CCCCCCCC/C=C\C/C=C\C/C=C\CCCCC)COP(=O)(O)OCC[N+](C)(C)C. The number of rotatable bonds is 44. The summed E-state index contributed by atoms with van der Waals surface area (Å²) in [6.07, 6.45) is 60.2. The molecule has 0 rings (SSSR count). The lowest BCUT2D eigenvalue weighted by atomic mass is 10.1. The Kier molecular flexibility index (Phi) is 42.9. The molecule has 0 radical (unpaired) electrons. The average Bonchev–Trinajstić information content (AvgIpc) is 3.25. The number of allylic oxidation sites excluding steroid dienone is 16. The van der Waals surface area contributed by atoms with Crippen LogP contribution in [0.2, 0.25) is 0 Å². The summed E-state index contributed by atoms with van der Waals surface area (Å²) in [5.74, 6) is -0.842. The van der Waals surface area contributed by atoms with E-state index in [0.29, 0.717) is 23.9 Å². The van der Waals surface area contributed by atoms with Gasteiger partial charge in [0.1, 0.15) is 19.8 Å². The molecular formula is C54H93NO8P+. The number of esters is 2. The third-order valence-electron chi connectivity index (χ3n) is 10.1. The van der Waals surface area contributed by atoms with Gasteiger partial charge in [0.25, 0.3) is 0 Å². The summed E-state index contributed by atoms with van der Waals surface area (Å²) in [4.78, 5) is 35.5. The maximum Gasteiger partial charge on any atom is 0.472 e. The van der Waals surface area contributed by atoms with E-state index in [2.05, 4.69) is 111 Å². The molecule has 2 atom stereocenters. The molecule has 0 aromatic heterocycles. The lowest BCUT2D eigenvalue weighted by Gasteiger charge is -2.24. The molecule has 0 spiro atoms. The minimum Gasteiger partial charge on any atom is -0.462 e. The summed E-state index contributed by atoms with van der Waals surface area (Å²) in [6, 6.07) is 0. The van der Waals surface area contributed by atoms with E-state index >= 15 is 0 Å². The van der Waals surface area contributed by atoms with Crippen LogP contribution in [0.25, 0.3) is 0 Å². The minimum absolute atomic E-state index is 0.0195. The fraction of sp³-hybridized carbons (Fsp3) is 0.667. The number of phosphoric ester groups is 1. The highest BCUT2D eigenvalue weighted by atomic mass is 31.2. The van der Waals surface area contributed by atoms with Crippen molar-refractivity contribution in [1.29, 1.82) is 0 Å². The molecule has 0 saturated heterocycles. The number of hydrogen-bond donors (Lipinski definition) is 1. The number of ether oxygens (including phenoxy) is 2. The topological polar surface area (TPSA) is 108 Å². The van der Waals surface area contributed by atoms with Crippen LogP contribution >= 0.6 is 7.82 Å². The number of carbonyl (C=O) groups is 2. The standard InChI is InChI=1S/C54H92NO8P/c1-6-8-10-12-14-16-18-20-22-24-26-27-29-31-33-35-37-39-41-43-45-47-54(57)63-52(51-62-64(58,59)61-49-48-55(3,4)5)50-60-53(56)46-44-42-40-38-36-34-32-30-28-25-23-21-19-17-15-13-11-9-7-2/h8,10,14-17,20-23,26-28,30-31,33,52H,6-7,9,11-13,18-19,24-25,29,32,34-51H2,1-5H3/p+1/b10-8-,16-14-,17-15-,22-20-,23-21-,27-26-,30-28-,33-31-. The zero-order valence-electron chi connectivity index (χ0n) is 41.2. The Bertz CT molecular complexity index is 1400. The van der Waals surface area contributed by atoms with Crippen molar-refractivity contribution in [2.24, 2.45) is 0 Å². The van der Waals surface area contributed by atoms with Gasteiger partial charge in [0.15, 0.2) is 6.10 Å². The summed E-state index contributed by atoms with van der Waals surface area (Å²) in [7, 11) is 1.44. The van der Waals surface area contributed by atoms with Crippen LogP contribution in [0.4, 0.5) is 0 Å². The molecule has 0 fully saturated rings. The van der Waals surface area contributed by atoms with Crippen LogP contribution in [0.15, 0.2) is 97.2 Å². The summed E-state index contributed by atoms with van der Waals surface area (Å²) >= 11 is 0. The molecule has 2 unspecified atom stereocenters. The molecule has 1 N–H and O–H groups in total. The van der Waals surface area contributed by atoms with E-state index in [1.807, 2.05) is 21.1 Å². The third-order valence-corrected chi connectivity index (χ3v) is 11.1. The Morgan fingerprint density at radius 1 is 0.500 bits per heavy atom. The summed E-state index contributed by atoms with van der Waals surface area (Å²) < 4.78 is 34.4. The summed E-state index contributed by atoms with van der Waals surface area (Å²) in [5.41, 5.74) is 0. The van der Waals surface area contributed by atoms with Crippen LogP contribution in [0.1, 0.15) is 181 Å². The van der Waals surface area contributed by atoms with Crippen molar-refractivity contribution in [2.45, 2.75) is 187 Å². The van der Waals surface area contributed by atoms with E-state index in [-0.39, 0.29) is 32.0 Å². The van der Waals surface area contributed by atoms with Crippen molar-refractivity contribution < 1.29 is 42.1 Å². The van der Waals surface area contributed by atoms with E-state index in [4.69, 9.17) is 18.5 Å².